The van der Waals surface area contributed by atoms with E-state index in [1.165, 1.54) is 6.07 Å². The minimum Gasteiger partial charge on any atom is -0.278 e. The van der Waals surface area contributed by atoms with Crippen LogP contribution in [-0.2, 0) is 10.0 Å². The Bertz CT molecular complexity index is 679. The first kappa shape index (κ1) is 20.8. The number of halogens is 8. The summed E-state index contributed by atoms with van der Waals surface area (Å²) < 4.78 is 130. The summed E-state index contributed by atoms with van der Waals surface area (Å²) in [6.45, 7) is 0. The van der Waals surface area contributed by atoms with E-state index in [0.717, 1.165) is 29.0 Å². The lowest BCUT2D eigenvalue weighted by atomic mass is 10.2. The van der Waals surface area contributed by atoms with Crippen molar-refractivity contribution in [1.82, 2.24) is 0 Å². The lowest BCUT2D eigenvalue weighted by Crippen LogP contribution is -2.64. The number of anilines is 1. The third-order valence-electron chi connectivity index (χ3n) is 2.75. The van der Waals surface area contributed by atoms with Crippen molar-refractivity contribution in [1.29, 1.82) is 0 Å². The zero-order chi connectivity index (χ0) is 19.0. The van der Waals surface area contributed by atoms with Gasteiger partial charge in [-0.3, -0.25) is 4.72 Å². The van der Waals surface area contributed by atoms with E-state index in [0.29, 0.717) is 0 Å². The molecule has 0 aromatic heterocycles. The highest BCUT2D eigenvalue weighted by Gasteiger charge is 2.84. The van der Waals surface area contributed by atoms with Gasteiger partial charge in [-0.2, -0.15) is 43.5 Å². The fraction of sp³-hybridized carbons (Fsp3) is 0.455. The lowest BCUT2D eigenvalue weighted by Gasteiger charge is -2.35. The van der Waals surface area contributed by atoms with Gasteiger partial charge in [0.1, 0.15) is 0 Å². The molecule has 0 spiro atoms. The van der Waals surface area contributed by atoms with Gasteiger partial charge in [0.15, 0.2) is 0 Å². The highest BCUT2D eigenvalue weighted by atomic mass is 32.2. The molecule has 138 valence electrons. The van der Waals surface area contributed by atoms with Gasteiger partial charge in [-0.05, 0) is 18.4 Å². The van der Waals surface area contributed by atoms with Crippen molar-refractivity contribution in [3.8, 4) is 0 Å². The number of thioether (sulfide) groups is 1. The Morgan fingerprint density at radius 2 is 1.33 bits per heavy atom. The second-order valence-corrected chi connectivity index (χ2v) is 7.00. The largest absolute Gasteiger partial charge is 0.432 e. The molecule has 0 heterocycles. The normalized spacial score (nSPS) is 14.5. The number of hydrogen-bond donors (Lipinski definition) is 1. The molecule has 0 aliphatic carbocycles. The Morgan fingerprint density at radius 1 is 0.875 bits per heavy atom. The van der Waals surface area contributed by atoms with Crippen LogP contribution in [-0.4, -0.2) is 37.0 Å². The van der Waals surface area contributed by atoms with Crippen molar-refractivity contribution in [2.45, 2.75) is 22.4 Å². The molecule has 0 aliphatic heterocycles. The minimum atomic E-state index is -6.90. The van der Waals surface area contributed by atoms with Gasteiger partial charge in [-0.25, -0.2) is 0 Å². The number of nitrogens with one attached hydrogen (secondary N) is 1. The number of hydrogen-bond acceptors (Lipinski definition) is 3. The van der Waals surface area contributed by atoms with Crippen molar-refractivity contribution >= 4 is 27.5 Å². The predicted molar refractivity (Wildman–Crippen MR) is 72.3 cm³/mol. The number of sulfonamides is 1. The third kappa shape index (κ3) is 3.15. The van der Waals surface area contributed by atoms with Crippen LogP contribution in [0.5, 0.6) is 0 Å². The second kappa shape index (κ2) is 6.24. The van der Waals surface area contributed by atoms with E-state index in [1.54, 1.807) is 0 Å². The highest BCUT2D eigenvalue weighted by molar-refractivity contribution is 7.99. The molecule has 1 aromatic rings. The minimum absolute atomic E-state index is 0.277. The molecule has 0 bridgehead atoms. The number of alkyl halides is 8. The molecule has 1 aromatic carbocycles. The fourth-order valence-electron chi connectivity index (χ4n) is 1.39. The van der Waals surface area contributed by atoms with Crippen molar-refractivity contribution in [3.05, 3.63) is 30.3 Å². The van der Waals surface area contributed by atoms with Crippen LogP contribution >= 0.6 is 11.8 Å². The van der Waals surface area contributed by atoms with Crippen LogP contribution in [0.2, 0.25) is 0 Å². The highest BCUT2D eigenvalue weighted by Crippen LogP contribution is 2.57. The molecule has 13 heteroatoms. The molecule has 1 N–H and O–H groups in total. The van der Waals surface area contributed by atoms with Crippen LogP contribution in [0.15, 0.2) is 30.3 Å². The fourth-order valence-corrected chi connectivity index (χ4v) is 2.81. The van der Waals surface area contributed by atoms with Crippen molar-refractivity contribution in [2.75, 3.05) is 11.0 Å². The summed E-state index contributed by atoms with van der Waals surface area (Å²) in [6, 6.07) is 5.30. The molecule has 0 radical (unpaired) electrons. The predicted octanol–water partition coefficient (Wildman–Crippen LogP) is 4.25. The van der Waals surface area contributed by atoms with E-state index in [2.05, 4.69) is 0 Å². The Morgan fingerprint density at radius 3 is 1.75 bits per heavy atom. The second-order valence-electron chi connectivity index (χ2n) is 4.36. The number of benzene rings is 1. The summed E-state index contributed by atoms with van der Waals surface area (Å²) in [6.07, 6.45) is 0.277. The number of para-hydroxylation sites is 1. The SMILES string of the molecule is CSC(F)(F)C(F)(F)C(F)(F)C(F)(F)S(=O)(=O)Nc1ccccc1. The molecule has 3 nitrogen and oxygen atoms in total. The summed E-state index contributed by atoms with van der Waals surface area (Å²) in [7, 11) is -6.48. The molecule has 0 saturated heterocycles. The van der Waals surface area contributed by atoms with Crippen molar-refractivity contribution < 1.29 is 43.5 Å². The maximum Gasteiger partial charge on any atom is 0.432 e. The molecular formula is C11H9F8NO2S2. The first-order valence-corrected chi connectivity index (χ1v) is 8.48. The van der Waals surface area contributed by atoms with Crippen molar-refractivity contribution in [2.24, 2.45) is 0 Å². The average Bonchev–Trinajstić information content (AvgIpc) is 2.47. The van der Waals surface area contributed by atoms with Crippen LogP contribution in [0.4, 0.5) is 40.8 Å². The first-order chi connectivity index (χ1) is 10.6. The van der Waals surface area contributed by atoms with E-state index in [-0.39, 0.29) is 6.26 Å². The zero-order valence-corrected chi connectivity index (χ0v) is 13.2. The van der Waals surface area contributed by atoms with Gasteiger partial charge in [0, 0.05) is 5.69 Å². The van der Waals surface area contributed by atoms with Gasteiger partial charge < -0.3 is 0 Å². The smallest absolute Gasteiger partial charge is 0.278 e. The molecule has 0 fully saturated rings. The summed E-state index contributed by atoms with van der Waals surface area (Å²) in [5.41, 5.74) is -0.645. The summed E-state index contributed by atoms with van der Waals surface area (Å²) >= 11 is -1.12. The molecule has 0 unspecified atom stereocenters. The standard InChI is InChI=1S/C11H9F8NO2S2/c1-23-10(16,17)8(12,13)9(14,15)11(18,19)24(21,22)20-7-5-3-2-4-6-7/h2-6,20H,1H3. The number of rotatable bonds is 7. The van der Waals surface area contributed by atoms with E-state index in [9.17, 15) is 43.5 Å². The first-order valence-electron chi connectivity index (χ1n) is 5.78. The monoisotopic (exact) mass is 403 g/mol. The average molecular weight is 403 g/mol. The lowest BCUT2D eigenvalue weighted by molar-refractivity contribution is -0.323. The van der Waals surface area contributed by atoms with Crippen LogP contribution < -0.4 is 4.72 Å². The molecule has 24 heavy (non-hydrogen) atoms. The van der Waals surface area contributed by atoms with Gasteiger partial charge in [-0.15, -0.1) is 0 Å². The maximum absolute atomic E-state index is 13.6. The van der Waals surface area contributed by atoms with E-state index in [4.69, 9.17) is 0 Å². The molecule has 0 amide bonds. The molecule has 0 atom stereocenters. The van der Waals surface area contributed by atoms with Crippen LogP contribution in [0.25, 0.3) is 0 Å². The van der Waals surface area contributed by atoms with Gasteiger partial charge in [0.05, 0.1) is 0 Å². The van der Waals surface area contributed by atoms with Crippen LogP contribution in [0.3, 0.4) is 0 Å². The third-order valence-corrected chi connectivity index (χ3v) is 4.95. The molecule has 0 aliphatic rings. The van der Waals surface area contributed by atoms with E-state index in [1.807, 2.05) is 0 Å². The Balaban J connectivity index is 3.35. The van der Waals surface area contributed by atoms with Gasteiger partial charge in [0.25, 0.3) is 0 Å². The van der Waals surface area contributed by atoms with E-state index >= 15 is 0 Å². The Labute approximate surface area is 135 Å². The topological polar surface area (TPSA) is 46.2 Å². The maximum atomic E-state index is 13.6. The summed E-state index contributed by atoms with van der Waals surface area (Å²) in [5.74, 6) is -13.5. The Hall–Kier alpha value is -1.24. The van der Waals surface area contributed by atoms with Gasteiger partial charge >= 0.3 is 32.4 Å². The summed E-state index contributed by atoms with van der Waals surface area (Å²) in [4.78, 5) is 0. The van der Waals surface area contributed by atoms with Crippen LogP contribution in [0, 0.1) is 0 Å². The molecular weight excluding hydrogens is 394 g/mol. The molecule has 1 rings (SSSR count). The van der Waals surface area contributed by atoms with E-state index < -0.39 is 49.8 Å². The summed E-state index contributed by atoms with van der Waals surface area (Å²) in [5, 5.41) is -12.2. The van der Waals surface area contributed by atoms with Gasteiger partial charge in [-0.1, -0.05) is 30.0 Å². The molecule has 0 saturated carbocycles. The Kier molecular flexibility index (Phi) is 5.41. The van der Waals surface area contributed by atoms with Crippen LogP contribution in [0.1, 0.15) is 0 Å². The van der Waals surface area contributed by atoms with Gasteiger partial charge in [0.2, 0.25) is 0 Å². The quantitative estimate of drug-likeness (QED) is 0.693. The zero-order valence-electron chi connectivity index (χ0n) is 11.5. The van der Waals surface area contributed by atoms with Crippen molar-refractivity contribution in [3.63, 3.8) is 0 Å².